The smallest absolute Gasteiger partial charge is 0.242 e. The summed E-state index contributed by atoms with van der Waals surface area (Å²) in [5.74, 6) is -0.435. The summed E-state index contributed by atoms with van der Waals surface area (Å²) in [5.41, 5.74) is 0.722. The molecule has 0 fully saturated rings. The van der Waals surface area contributed by atoms with Crippen molar-refractivity contribution in [1.82, 2.24) is 10.6 Å². The SMILES string of the molecule is CC(NC(=O)C(S)Cc1ccccc1)C(=O)NC(C)(C)C. The van der Waals surface area contributed by atoms with Gasteiger partial charge in [0.1, 0.15) is 6.04 Å². The zero-order valence-corrected chi connectivity index (χ0v) is 13.9. The van der Waals surface area contributed by atoms with Gasteiger partial charge in [-0.3, -0.25) is 9.59 Å². The largest absolute Gasteiger partial charge is 0.350 e. The van der Waals surface area contributed by atoms with E-state index in [1.165, 1.54) is 0 Å². The molecule has 1 aromatic rings. The molecule has 5 heteroatoms. The maximum atomic E-state index is 12.1. The molecule has 0 aliphatic rings. The van der Waals surface area contributed by atoms with E-state index in [0.29, 0.717) is 6.42 Å². The molecule has 2 atom stereocenters. The summed E-state index contributed by atoms with van der Waals surface area (Å²) in [6.45, 7) is 7.37. The first-order valence-corrected chi connectivity index (χ1v) is 7.55. The minimum atomic E-state index is -0.581. The van der Waals surface area contributed by atoms with Gasteiger partial charge in [0, 0.05) is 5.54 Å². The van der Waals surface area contributed by atoms with Crippen LogP contribution < -0.4 is 10.6 Å². The third-order valence-electron chi connectivity index (χ3n) is 2.82. The maximum absolute atomic E-state index is 12.1. The van der Waals surface area contributed by atoms with Gasteiger partial charge >= 0.3 is 0 Å². The van der Waals surface area contributed by atoms with Gasteiger partial charge in [-0.25, -0.2) is 0 Å². The molecule has 1 rings (SSSR count). The highest BCUT2D eigenvalue weighted by atomic mass is 32.1. The topological polar surface area (TPSA) is 58.2 Å². The minimum absolute atomic E-state index is 0.198. The van der Waals surface area contributed by atoms with Crippen molar-refractivity contribution in [1.29, 1.82) is 0 Å². The summed E-state index contributed by atoms with van der Waals surface area (Å²) >= 11 is 4.32. The van der Waals surface area contributed by atoms with Crippen LogP contribution in [0, 0.1) is 0 Å². The van der Waals surface area contributed by atoms with Gasteiger partial charge in [-0.05, 0) is 39.7 Å². The molecule has 1 aromatic carbocycles. The third kappa shape index (κ3) is 6.67. The van der Waals surface area contributed by atoms with E-state index in [4.69, 9.17) is 0 Å². The number of benzene rings is 1. The number of nitrogens with one attached hydrogen (secondary N) is 2. The highest BCUT2D eigenvalue weighted by Gasteiger charge is 2.23. The van der Waals surface area contributed by atoms with Crippen LogP contribution in [0.1, 0.15) is 33.3 Å². The highest BCUT2D eigenvalue weighted by Crippen LogP contribution is 2.08. The van der Waals surface area contributed by atoms with Gasteiger partial charge in [0.15, 0.2) is 0 Å². The second kappa shape index (κ2) is 7.50. The lowest BCUT2D eigenvalue weighted by molar-refractivity contribution is -0.129. The summed E-state index contributed by atoms with van der Waals surface area (Å²) in [6.07, 6.45) is 0.531. The molecular weight excluding hydrogens is 284 g/mol. The second-order valence-corrected chi connectivity index (χ2v) is 6.80. The van der Waals surface area contributed by atoms with Gasteiger partial charge < -0.3 is 10.6 Å². The first-order chi connectivity index (χ1) is 9.69. The highest BCUT2D eigenvalue weighted by molar-refractivity contribution is 7.81. The number of thiol groups is 1. The van der Waals surface area contributed by atoms with E-state index in [0.717, 1.165) is 5.56 Å². The average molecular weight is 308 g/mol. The van der Waals surface area contributed by atoms with Crippen LogP contribution in [0.15, 0.2) is 30.3 Å². The quantitative estimate of drug-likeness (QED) is 0.728. The molecule has 2 unspecified atom stereocenters. The number of carbonyl (C=O) groups is 2. The zero-order chi connectivity index (χ0) is 16.0. The van der Waals surface area contributed by atoms with Crippen molar-refractivity contribution in [3.63, 3.8) is 0 Å². The Labute approximate surface area is 132 Å². The van der Waals surface area contributed by atoms with Gasteiger partial charge in [0.25, 0.3) is 0 Å². The minimum Gasteiger partial charge on any atom is -0.350 e. The van der Waals surface area contributed by atoms with Crippen LogP contribution in [-0.2, 0) is 16.0 Å². The standard InChI is InChI=1S/C16H24N2O2S/c1-11(14(19)18-16(2,3)4)17-15(20)13(21)10-12-8-6-5-7-9-12/h5-9,11,13,21H,10H2,1-4H3,(H,17,20)(H,18,19). The van der Waals surface area contributed by atoms with Gasteiger partial charge in [-0.15, -0.1) is 0 Å². The van der Waals surface area contributed by atoms with E-state index < -0.39 is 11.3 Å². The Balaban J connectivity index is 2.50. The van der Waals surface area contributed by atoms with Crippen molar-refractivity contribution < 1.29 is 9.59 Å². The van der Waals surface area contributed by atoms with Crippen LogP contribution in [0.3, 0.4) is 0 Å². The first kappa shape index (κ1) is 17.6. The Bertz CT molecular complexity index is 483. The fourth-order valence-corrected chi connectivity index (χ4v) is 2.07. The van der Waals surface area contributed by atoms with E-state index in [1.807, 2.05) is 51.1 Å². The zero-order valence-electron chi connectivity index (χ0n) is 13.0. The van der Waals surface area contributed by atoms with Crippen molar-refractivity contribution in [3.05, 3.63) is 35.9 Å². The number of hydrogen-bond donors (Lipinski definition) is 3. The Morgan fingerprint density at radius 1 is 1.14 bits per heavy atom. The van der Waals surface area contributed by atoms with Crippen LogP contribution in [0.5, 0.6) is 0 Å². The Kier molecular flexibility index (Phi) is 6.27. The van der Waals surface area contributed by atoms with Crippen molar-refractivity contribution in [2.24, 2.45) is 0 Å². The summed E-state index contributed by atoms with van der Waals surface area (Å²) < 4.78 is 0. The molecule has 0 saturated carbocycles. The fourth-order valence-electron chi connectivity index (χ4n) is 1.78. The predicted octanol–water partition coefficient (Wildman–Crippen LogP) is 1.95. The number of carbonyl (C=O) groups excluding carboxylic acids is 2. The molecule has 0 saturated heterocycles. The molecule has 116 valence electrons. The fraction of sp³-hybridized carbons (Fsp3) is 0.500. The van der Waals surface area contributed by atoms with E-state index in [-0.39, 0.29) is 17.4 Å². The van der Waals surface area contributed by atoms with E-state index >= 15 is 0 Å². The maximum Gasteiger partial charge on any atom is 0.242 e. The molecule has 0 bridgehead atoms. The van der Waals surface area contributed by atoms with Crippen LogP contribution in [0.4, 0.5) is 0 Å². The Hall–Kier alpha value is -1.49. The predicted molar refractivity (Wildman–Crippen MR) is 88.4 cm³/mol. The summed E-state index contributed by atoms with van der Waals surface area (Å²) in [7, 11) is 0. The molecule has 0 aromatic heterocycles. The normalized spacial score (nSPS) is 14.1. The summed E-state index contributed by atoms with van der Waals surface area (Å²) in [6, 6.07) is 9.09. The van der Waals surface area contributed by atoms with Crippen molar-refractivity contribution in [2.75, 3.05) is 0 Å². The van der Waals surface area contributed by atoms with Crippen molar-refractivity contribution >= 4 is 24.4 Å². The second-order valence-electron chi connectivity index (χ2n) is 6.18. The van der Waals surface area contributed by atoms with Gasteiger partial charge in [0.2, 0.25) is 11.8 Å². The summed E-state index contributed by atoms with van der Waals surface area (Å²) in [4.78, 5) is 24.0. The molecule has 21 heavy (non-hydrogen) atoms. The molecule has 0 radical (unpaired) electrons. The molecule has 2 N–H and O–H groups in total. The van der Waals surface area contributed by atoms with Crippen molar-refractivity contribution in [3.8, 4) is 0 Å². The van der Waals surface area contributed by atoms with Gasteiger partial charge in [-0.2, -0.15) is 12.6 Å². The van der Waals surface area contributed by atoms with Gasteiger partial charge in [-0.1, -0.05) is 30.3 Å². The Morgan fingerprint density at radius 2 is 1.71 bits per heavy atom. The third-order valence-corrected chi connectivity index (χ3v) is 3.24. The molecule has 0 aliphatic carbocycles. The van der Waals surface area contributed by atoms with E-state index in [1.54, 1.807) is 6.92 Å². The molecule has 0 spiro atoms. The van der Waals surface area contributed by atoms with Crippen LogP contribution in [0.2, 0.25) is 0 Å². The van der Waals surface area contributed by atoms with E-state index in [9.17, 15) is 9.59 Å². The molecule has 0 heterocycles. The molecular formula is C16H24N2O2S. The first-order valence-electron chi connectivity index (χ1n) is 7.03. The van der Waals surface area contributed by atoms with Crippen LogP contribution in [0.25, 0.3) is 0 Å². The number of rotatable bonds is 5. The molecule has 4 nitrogen and oxygen atoms in total. The van der Waals surface area contributed by atoms with E-state index in [2.05, 4.69) is 23.3 Å². The lowest BCUT2D eigenvalue weighted by atomic mass is 10.1. The Morgan fingerprint density at radius 3 is 2.24 bits per heavy atom. The average Bonchev–Trinajstić information content (AvgIpc) is 2.37. The molecule has 2 amide bonds. The van der Waals surface area contributed by atoms with Crippen LogP contribution in [-0.4, -0.2) is 28.6 Å². The number of amides is 2. The summed E-state index contributed by atoms with van der Waals surface area (Å²) in [5, 5.41) is 5.05. The number of hydrogen-bond acceptors (Lipinski definition) is 3. The molecule has 0 aliphatic heterocycles. The van der Waals surface area contributed by atoms with Crippen molar-refractivity contribution in [2.45, 2.75) is 50.9 Å². The van der Waals surface area contributed by atoms with Gasteiger partial charge in [0.05, 0.1) is 5.25 Å². The monoisotopic (exact) mass is 308 g/mol. The van der Waals surface area contributed by atoms with Crippen LogP contribution >= 0.6 is 12.6 Å². The lowest BCUT2D eigenvalue weighted by Crippen LogP contribution is -2.52. The lowest BCUT2D eigenvalue weighted by Gasteiger charge is -2.24.